The third kappa shape index (κ3) is 13.9. The van der Waals surface area contributed by atoms with E-state index in [0.717, 1.165) is 58.5 Å². The maximum atomic E-state index is 11.3. The van der Waals surface area contributed by atoms with Crippen molar-refractivity contribution >= 4 is 49.6 Å². The molecule has 0 aliphatic rings. The SMILES string of the molecule is Cc1c(O)c(=O)ccn1CCCNCCCCNCCCN.Cl.Cl.Cl.Cl. The Bertz CT molecular complexity index is 490. The fraction of sp³-hybridized carbons (Fsp3) is 0.688. The summed E-state index contributed by atoms with van der Waals surface area (Å²) in [4.78, 5) is 11.3. The Morgan fingerprint density at radius 1 is 0.962 bits per heavy atom. The number of hydrogen-bond acceptors (Lipinski definition) is 5. The van der Waals surface area contributed by atoms with Crippen molar-refractivity contribution in [3.8, 4) is 5.75 Å². The minimum atomic E-state index is -0.313. The Balaban J connectivity index is -0.000000605. The largest absolute Gasteiger partial charge is 0.503 e. The van der Waals surface area contributed by atoms with Crippen LogP contribution in [0.4, 0.5) is 0 Å². The monoisotopic (exact) mass is 454 g/mol. The Morgan fingerprint density at radius 2 is 1.46 bits per heavy atom. The van der Waals surface area contributed by atoms with Crippen LogP contribution in [0.25, 0.3) is 0 Å². The summed E-state index contributed by atoms with van der Waals surface area (Å²) in [6.07, 6.45) is 6.08. The Morgan fingerprint density at radius 3 is 2.00 bits per heavy atom. The van der Waals surface area contributed by atoms with Gasteiger partial charge in [0.1, 0.15) is 0 Å². The summed E-state index contributed by atoms with van der Waals surface area (Å²) in [6, 6.07) is 1.41. The minimum Gasteiger partial charge on any atom is -0.503 e. The number of aromatic hydroxyl groups is 1. The average molecular weight is 456 g/mol. The molecule has 0 aromatic carbocycles. The van der Waals surface area contributed by atoms with Crippen LogP contribution in [0.2, 0.25) is 0 Å². The Hall–Kier alpha value is -0.210. The zero-order valence-corrected chi connectivity index (χ0v) is 18.5. The van der Waals surface area contributed by atoms with Gasteiger partial charge in [0.15, 0.2) is 5.75 Å². The van der Waals surface area contributed by atoms with Gasteiger partial charge >= 0.3 is 0 Å². The molecule has 26 heavy (non-hydrogen) atoms. The summed E-state index contributed by atoms with van der Waals surface area (Å²) in [5.41, 5.74) is 5.75. The van der Waals surface area contributed by atoms with Gasteiger partial charge in [0, 0.05) is 18.8 Å². The average Bonchev–Trinajstić information content (AvgIpc) is 2.52. The second kappa shape index (κ2) is 21.1. The standard InChI is InChI=1S/C16H30N4O2.4ClH/c1-14-16(22)15(21)6-13-20(14)12-5-11-19-9-3-2-8-18-10-4-7-17;;;;/h6,13,18-19,22H,2-5,7-12,17H2,1H3;4*1H. The molecule has 0 bridgehead atoms. The van der Waals surface area contributed by atoms with E-state index in [1.54, 1.807) is 13.1 Å². The fourth-order valence-corrected chi connectivity index (χ4v) is 2.26. The number of nitrogens with two attached hydrogens (primary N) is 1. The molecule has 0 aliphatic heterocycles. The van der Waals surface area contributed by atoms with Gasteiger partial charge in [0.25, 0.3) is 0 Å². The molecule has 158 valence electrons. The molecule has 0 unspecified atom stereocenters. The number of nitrogens with one attached hydrogen (secondary N) is 2. The number of aryl methyl sites for hydroxylation is 1. The lowest BCUT2D eigenvalue weighted by Gasteiger charge is -2.11. The van der Waals surface area contributed by atoms with Gasteiger partial charge in [0.05, 0.1) is 5.69 Å². The highest BCUT2D eigenvalue weighted by molar-refractivity contribution is 5.86. The van der Waals surface area contributed by atoms with Gasteiger partial charge in [-0.25, -0.2) is 0 Å². The molecule has 0 atom stereocenters. The first-order valence-corrected chi connectivity index (χ1v) is 8.17. The molecule has 0 spiro atoms. The smallest absolute Gasteiger partial charge is 0.223 e. The topological polar surface area (TPSA) is 92.3 Å². The molecule has 0 fully saturated rings. The summed E-state index contributed by atoms with van der Waals surface area (Å²) in [5.74, 6) is -0.141. The van der Waals surface area contributed by atoms with Gasteiger partial charge in [0.2, 0.25) is 5.43 Å². The zero-order chi connectivity index (χ0) is 16.2. The van der Waals surface area contributed by atoms with Crippen molar-refractivity contribution in [2.24, 2.45) is 5.73 Å². The summed E-state index contributed by atoms with van der Waals surface area (Å²) in [7, 11) is 0. The number of aromatic nitrogens is 1. The number of pyridine rings is 1. The second-order valence-corrected chi connectivity index (χ2v) is 5.51. The van der Waals surface area contributed by atoms with Crippen LogP contribution in [0.1, 0.15) is 31.4 Å². The van der Waals surface area contributed by atoms with Crippen LogP contribution in [-0.4, -0.2) is 42.4 Å². The van der Waals surface area contributed by atoms with E-state index in [1.807, 2.05) is 4.57 Å². The number of unbranched alkanes of at least 4 members (excludes halogenated alkanes) is 1. The van der Waals surface area contributed by atoms with E-state index in [2.05, 4.69) is 10.6 Å². The van der Waals surface area contributed by atoms with Crippen LogP contribution in [0.5, 0.6) is 5.75 Å². The molecule has 0 aliphatic carbocycles. The maximum absolute atomic E-state index is 11.3. The predicted molar refractivity (Wildman–Crippen MR) is 119 cm³/mol. The zero-order valence-electron chi connectivity index (χ0n) is 15.2. The molecule has 1 aromatic rings. The first-order chi connectivity index (χ1) is 10.7. The van der Waals surface area contributed by atoms with E-state index in [1.165, 1.54) is 12.5 Å². The van der Waals surface area contributed by atoms with Crippen molar-refractivity contribution in [1.82, 2.24) is 15.2 Å². The van der Waals surface area contributed by atoms with Crippen molar-refractivity contribution in [2.45, 2.75) is 39.2 Å². The highest BCUT2D eigenvalue weighted by atomic mass is 35.5. The highest BCUT2D eigenvalue weighted by Crippen LogP contribution is 2.09. The molecule has 1 heterocycles. The summed E-state index contributed by atoms with van der Waals surface area (Å²) < 4.78 is 1.92. The second-order valence-electron chi connectivity index (χ2n) is 5.51. The van der Waals surface area contributed by atoms with Crippen molar-refractivity contribution in [2.75, 3.05) is 32.7 Å². The number of hydrogen-bond donors (Lipinski definition) is 4. The van der Waals surface area contributed by atoms with E-state index in [-0.39, 0.29) is 60.8 Å². The minimum absolute atomic E-state index is 0. The van der Waals surface area contributed by atoms with E-state index >= 15 is 0 Å². The van der Waals surface area contributed by atoms with Gasteiger partial charge in [-0.1, -0.05) is 0 Å². The van der Waals surface area contributed by atoms with Crippen LogP contribution in [-0.2, 0) is 6.54 Å². The number of nitrogens with zero attached hydrogens (tertiary/aromatic N) is 1. The molecule has 0 amide bonds. The fourth-order valence-electron chi connectivity index (χ4n) is 2.26. The Labute approximate surface area is 181 Å². The van der Waals surface area contributed by atoms with Crippen molar-refractivity contribution in [3.63, 3.8) is 0 Å². The first kappa shape index (κ1) is 33.4. The molecule has 10 heteroatoms. The van der Waals surface area contributed by atoms with Crippen LogP contribution < -0.4 is 21.8 Å². The summed E-state index contributed by atoms with van der Waals surface area (Å²) >= 11 is 0. The molecule has 1 aromatic heterocycles. The van der Waals surface area contributed by atoms with Crippen molar-refractivity contribution in [3.05, 3.63) is 28.2 Å². The number of halogens is 4. The van der Waals surface area contributed by atoms with Gasteiger partial charge in [-0.15, -0.1) is 49.6 Å². The summed E-state index contributed by atoms with van der Waals surface area (Å²) in [6.45, 7) is 7.34. The van der Waals surface area contributed by atoms with Crippen LogP contribution >= 0.6 is 49.6 Å². The van der Waals surface area contributed by atoms with E-state index in [4.69, 9.17) is 5.73 Å². The molecule has 0 radical (unpaired) electrons. The lowest BCUT2D eigenvalue weighted by molar-refractivity contribution is 0.450. The van der Waals surface area contributed by atoms with E-state index in [9.17, 15) is 9.90 Å². The normalized spacial score (nSPS) is 9.31. The number of rotatable bonds is 12. The van der Waals surface area contributed by atoms with Crippen LogP contribution in [0.3, 0.4) is 0 Å². The van der Waals surface area contributed by atoms with Gasteiger partial charge in [-0.3, -0.25) is 4.79 Å². The lowest BCUT2D eigenvalue weighted by Crippen LogP contribution is -2.22. The molecule has 0 saturated carbocycles. The maximum Gasteiger partial charge on any atom is 0.223 e. The molecule has 5 N–H and O–H groups in total. The first-order valence-electron chi connectivity index (χ1n) is 8.17. The quantitative estimate of drug-likeness (QED) is 0.363. The van der Waals surface area contributed by atoms with Crippen LogP contribution in [0, 0.1) is 6.92 Å². The molecular formula is C16H34Cl4N4O2. The third-order valence-electron chi connectivity index (χ3n) is 3.68. The van der Waals surface area contributed by atoms with Crippen molar-refractivity contribution < 1.29 is 5.11 Å². The summed E-state index contributed by atoms with van der Waals surface area (Å²) in [5, 5.41) is 16.4. The molecule has 1 rings (SSSR count). The van der Waals surface area contributed by atoms with Crippen LogP contribution in [0.15, 0.2) is 17.1 Å². The predicted octanol–water partition coefficient (Wildman–Crippen LogP) is 2.25. The van der Waals surface area contributed by atoms with E-state index < -0.39 is 0 Å². The van der Waals surface area contributed by atoms with Gasteiger partial charge in [-0.2, -0.15) is 0 Å². The van der Waals surface area contributed by atoms with Crippen molar-refractivity contribution in [1.29, 1.82) is 0 Å². The Kier molecular flexibility index (Phi) is 27.1. The van der Waals surface area contributed by atoms with Gasteiger partial charge in [-0.05, 0) is 65.3 Å². The highest BCUT2D eigenvalue weighted by Gasteiger charge is 2.04. The van der Waals surface area contributed by atoms with Gasteiger partial charge < -0.3 is 26.0 Å². The molecule has 6 nitrogen and oxygen atoms in total. The molecular weight excluding hydrogens is 422 g/mol. The third-order valence-corrected chi connectivity index (χ3v) is 3.68. The molecule has 0 saturated heterocycles. The van der Waals surface area contributed by atoms with E-state index in [0.29, 0.717) is 5.69 Å². The lowest BCUT2D eigenvalue weighted by atomic mass is 10.3.